The highest BCUT2D eigenvalue weighted by atomic mass is 14.2. The van der Waals surface area contributed by atoms with E-state index in [-0.39, 0.29) is 0 Å². The van der Waals surface area contributed by atoms with Gasteiger partial charge in [0.1, 0.15) is 0 Å². The van der Waals surface area contributed by atoms with Crippen molar-refractivity contribution in [1.82, 2.24) is 0 Å². The summed E-state index contributed by atoms with van der Waals surface area (Å²) in [6.45, 7) is 13.5. The molecule has 0 spiro atoms. The molecule has 5 aromatic rings. The smallest absolute Gasteiger partial charge is 0.0149 e. The van der Waals surface area contributed by atoms with Gasteiger partial charge in [0.05, 0.1) is 0 Å². The fourth-order valence-corrected chi connectivity index (χ4v) is 6.52. The van der Waals surface area contributed by atoms with Crippen molar-refractivity contribution >= 4 is 0 Å². The molecule has 0 radical (unpaired) electrons. The summed E-state index contributed by atoms with van der Waals surface area (Å²) >= 11 is 0. The highest BCUT2D eigenvalue weighted by Gasteiger charge is 2.14. The van der Waals surface area contributed by atoms with Crippen LogP contribution in [0.4, 0.5) is 0 Å². The first-order chi connectivity index (χ1) is 21.4. The quantitative estimate of drug-likeness (QED) is 0.138. The lowest BCUT2D eigenvalue weighted by Crippen LogP contribution is -1.98. The summed E-state index contributed by atoms with van der Waals surface area (Å²) < 4.78 is 0. The third-order valence-electron chi connectivity index (χ3n) is 9.45. The molecular weight excluding hydrogens is 528 g/mol. The molecule has 0 heteroatoms. The van der Waals surface area contributed by atoms with Gasteiger partial charge < -0.3 is 0 Å². The Hall–Kier alpha value is -3.90. The second kappa shape index (κ2) is 14.7. The van der Waals surface area contributed by atoms with Gasteiger partial charge in [0.15, 0.2) is 0 Å². The molecule has 0 heterocycles. The van der Waals surface area contributed by atoms with Gasteiger partial charge >= 0.3 is 0 Å². The van der Waals surface area contributed by atoms with Gasteiger partial charge in [-0.1, -0.05) is 138 Å². The van der Waals surface area contributed by atoms with Gasteiger partial charge in [-0.2, -0.15) is 0 Å². The van der Waals surface area contributed by atoms with E-state index in [1.807, 2.05) is 0 Å². The average Bonchev–Trinajstić information content (AvgIpc) is 3.07. The predicted molar refractivity (Wildman–Crippen MR) is 194 cm³/mol. The van der Waals surface area contributed by atoms with E-state index in [9.17, 15) is 0 Å². The standard InChI is InChI=1S/C44H50/c1-7-11-13-41-29-44(38-25-21-36(22-26-38)40-18-16-32(6)34(10-4)28-40)42(14-12-8-2)30-43(41)37-23-19-35(20-24-37)39-17-15-31(5)33(9-3)27-39/h15-30H,7-14H2,1-6H3. The predicted octanol–water partition coefficient (Wildman–Crippen LogP) is 12.8. The van der Waals surface area contributed by atoms with Gasteiger partial charge in [0, 0.05) is 0 Å². The van der Waals surface area contributed by atoms with Crippen LogP contribution in [-0.4, -0.2) is 0 Å². The second-order valence-electron chi connectivity index (χ2n) is 12.5. The average molecular weight is 579 g/mol. The van der Waals surface area contributed by atoms with Crippen LogP contribution in [0.3, 0.4) is 0 Å². The lowest BCUT2D eigenvalue weighted by molar-refractivity contribution is 0.788. The molecule has 44 heavy (non-hydrogen) atoms. The summed E-state index contributed by atoms with van der Waals surface area (Å²) in [5, 5.41) is 0. The molecule has 0 fully saturated rings. The molecule has 0 atom stereocenters. The fourth-order valence-electron chi connectivity index (χ4n) is 6.52. The van der Waals surface area contributed by atoms with Crippen LogP contribution in [0.5, 0.6) is 0 Å². The molecule has 0 nitrogen and oxygen atoms in total. The van der Waals surface area contributed by atoms with Gasteiger partial charge in [0.2, 0.25) is 0 Å². The Morgan fingerprint density at radius 3 is 1.05 bits per heavy atom. The van der Waals surface area contributed by atoms with Crippen LogP contribution >= 0.6 is 0 Å². The van der Waals surface area contributed by atoms with Crippen molar-refractivity contribution in [3.63, 3.8) is 0 Å². The highest BCUT2D eigenvalue weighted by molar-refractivity contribution is 5.79. The first-order valence-corrected chi connectivity index (χ1v) is 17.0. The zero-order valence-corrected chi connectivity index (χ0v) is 27.9. The molecule has 0 aliphatic carbocycles. The number of unbranched alkanes of at least 4 members (excludes halogenated alkanes) is 2. The zero-order valence-electron chi connectivity index (χ0n) is 27.9. The maximum absolute atomic E-state index is 2.52. The Morgan fingerprint density at radius 2 is 0.705 bits per heavy atom. The number of hydrogen-bond donors (Lipinski definition) is 0. The Bertz CT molecular complexity index is 1550. The zero-order chi connectivity index (χ0) is 31.1. The molecule has 0 unspecified atom stereocenters. The molecule has 0 aliphatic rings. The van der Waals surface area contributed by atoms with Crippen LogP contribution < -0.4 is 0 Å². The topological polar surface area (TPSA) is 0 Å². The molecule has 0 aromatic heterocycles. The van der Waals surface area contributed by atoms with E-state index in [1.165, 1.54) is 104 Å². The van der Waals surface area contributed by atoms with Crippen LogP contribution in [-0.2, 0) is 25.7 Å². The Labute approximate surface area is 267 Å². The number of hydrogen-bond acceptors (Lipinski definition) is 0. The summed E-state index contributed by atoms with van der Waals surface area (Å²) in [5.74, 6) is 0. The van der Waals surface area contributed by atoms with Crippen molar-refractivity contribution in [2.75, 3.05) is 0 Å². The minimum Gasteiger partial charge on any atom is -0.0654 e. The van der Waals surface area contributed by atoms with Gasteiger partial charge in [-0.15, -0.1) is 0 Å². The first-order valence-electron chi connectivity index (χ1n) is 17.0. The minimum atomic E-state index is 1.07. The number of aryl methyl sites for hydroxylation is 6. The second-order valence-corrected chi connectivity index (χ2v) is 12.5. The van der Waals surface area contributed by atoms with Crippen molar-refractivity contribution in [1.29, 1.82) is 0 Å². The molecule has 0 saturated carbocycles. The first kappa shape index (κ1) is 31.5. The van der Waals surface area contributed by atoms with Crippen LogP contribution in [0.1, 0.15) is 86.8 Å². The fraction of sp³-hybridized carbons (Fsp3) is 0.318. The number of rotatable bonds is 12. The minimum absolute atomic E-state index is 1.07. The summed E-state index contributed by atoms with van der Waals surface area (Å²) in [6, 6.07) is 37.5. The SMILES string of the molecule is CCCCc1cc(-c2ccc(-c3ccc(C)c(CC)c3)cc2)c(CCCC)cc1-c1ccc(-c2ccc(C)c(CC)c2)cc1. The van der Waals surface area contributed by atoms with Crippen LogP contribution in [0.2, 0.25) is 0 Å². The lowest BCUT2D eigenvalue weighted by Gasteiger charge is -2.18. The Morgan fingerprint density at radius 1 is 0.364 bits per heavy atom. The van der Waals surface area contributed by atoms with E-state index in [0.717, 1.165) is 25.7 Å². The van der Waals surface area contributed by atoms with Crippen LogP contribution in [0.15, 0.2) is 97.1 Å². The molecule has 226 valence electrons. The van der Waals surface area contributed by atoms with Crippen molar-refractivity contribution < 1.29 is 0 Å². The molecule has 5 rings (SSSR count). The van der Waals surface area contributed by atoms with E-state index in [2.05, 4.69) is 139 Å². The molecular formula is C44H50. The highest BCUT2D eigenvalue weighted by Crippen LogP contribution is 2.36. The Kier molecular flexibility index (Phi) is 10.5. The molecule has 5 aromatic carbocycles. The lowest BCUT2D eigenvalue weighted by atomic mass is 9.86. The van der Waals surface area contributed by atoms with Gasteiger partial charge in [0.25, 0.3) is 0 Å². The molecule has 0 saturated heterocycles. The third-order valence-corrected chi connectivity index (χ3v) is 9.45. The molecule has 0 N–H and O–H groups in total. The van der Waals surface area contributed by atoms with E-state index >= 15 is 0 Å². The Balaban J connectivity index is 1.53. The largest absolute Gasteiger partial charge is 0.0654 e. The number of benzene rings is 5. The van der Waals surface area contributed by atoms with Crippen molar-refractivity contribution in [2.45, 2.75) is 92.9 Å². The molecule has 0 amide bonds. The summed E-state index contributed by atoms with van der Waals surface area (Å²) in [6.07, 6.45) is 9.15. The van der Waals surface area contributed by atoms with Crippen molar-refractivity contribution in [3.8, 4) is 44.5 Å². The maximum Gasteiger partial charge on any atom is -0.0149 e. The van der Waals surface area contributed by atoms with Crippen molar-refractivity contribution in [3.05, 3.63) is 130 Å². The summed E-state index contributed by atoms with van der Waals surface area (Å²) in [4.78, 5) is 0. The van der Waals surface area contributed by atoms with E-state index in [0.29, 0.717) is 0 Å². The normalized spacial score (nSPS) is 11.2. The monoisotopic (exact) mass is 578 g/mol. The maximum atomic E-state index is 2.52. The van der Waals surface area contributed by atoms with E-state index < -0.39 is 0 Å². The molecule has 0 aliphatic heterocycles. The summed E-state index contributed by atoms with van der Waals surface area (Å²) in [7, 11) is 0. The van der Waals surface area contributed by atoms with Crippen LogP contribution in [0.25, 0.3) is 44.5 Å². The third kappa shape index (κ3) is 7.07. The van der Waals surface area contributed by atoms with Gasteiger partial charge in [-0.05, 0) is 130 Å². The van der Waals surface area contributed by atoms with Crippen LogP contribution in [0, 0.1) is 13.8 Å². The van der Waals surface area contributed by atoms with Crippen molar-refractivity contribution in [2.24, 2.45) is 0 Å². The van der Waals surface area contributed by atoms with E-state index in [1.54, 1.807) is 0 Å². The summed E-state index contributed by atoms with van der Waals surface area (Å²) in [5.41, 5.74) is 19.2. The van der Waals surface area contributed by atoms with Gasteiger partial charge in [-0.3, -0.25) is 0 Å². The van der Waals surface area contributed by atoms with Gasteiger partial charge in [-0.25, -0.2) is 0 Å². The van der Waals surface area contributed by atoms with E-state index in [4.69, 9.17) is 0 Å². The molecule has 0 bridgehead atoms.